The van der Waals surface area contributed by atoms with Crippen molar-refractivity contribution in [1.29, 1.82) is 0 Å². The molecule has 0 saturated heterocycles. The minimum Gasteiger partial charge on any atom is -0.481 e. The maximum atomic E-state index is 13.4. The van der Waals surface area contributed by atoms with Gasteiger partial charge in [-0.25, -0.2) is 13.6 Å². The summed E-state index contributed by atoms with van der Waals surface area (Å²) in [4.78, 5) is 34.6. The number of hydrogen-bond acceptors (Lipinski definition) is 5. The van der Waals surface area contributed by atoms with E-state index in [1.54, 1.807) is 0 Å². The molecule has 10 heteroatoms. The van der Waals surface area contributed by atoms with Crippen molar-refractivity contribution in [3.05, 3.63) is 59.7 Å². The molecule has 176 valence electrons. The Morgan fingerprint density at radius 3 is 2.21 bits per heavy atom. The number of benzene rings is 2. The third kappa shape index (κ3) is 6.67. The summed E-state index contributed by atoms with van der Waals surface area (Å²) in [5.74, 6) is -1.64. The number of aliphatic carboxylic acids is 1. The summed E-state index contributed by atoms with van der Waals surface area (Å²) in [6, 6.07) is 13.8. The fraction of sp³-hybridized carbons (Fsp3) is 0.348. The molecular formula is C23H24F2N2O5S. The molecule has 1 aliphatic rings. The number of carbonyl (C=O) groups is 3. The minimum atomic E-state index is -2.96. The van der Waals surface area contributed by atoms with E-state index < -0.39 is 36.9 Å². The molecule has 3 N–H and O–H groups in total. The fourth-order valence-electron chi connectivity index (χ4n) is 3.69. The first-order valence-corrected chi connectivity index (χ1v) is 11.5. The SMILES string of the molecule is O=C(O)CSCCNC(=O)CC(NC(=O)OCC1c2ccccc2-c2ccccc21)C(F)F. The molecule has 0 aromatic heterocycles. The van der Waals surface area contributed by atoms with Gasteiger partial charge in [-0.15, -0.1) is 11.8 Å². The molecule has 1 unspecified atom stereocenters. The van der Waals surface area contributed by atoms with Crippen LogP contribution < -0.4 is 10.6 Å². The van der Waals surface area contributed by atoms with Gasteiger partial charge in [-0.3, -0.25) is 9.59 Å². The van der Waals surface area contributed by atoms with Crippen molar-refractivity contribution >= 4 is 29.7 Å². The van der Waals surface area contributed by atoms with E-state index in [2.05, 4.69) is 10.6 Å². The lowest BCUT2D eigenvalue weighted by Crippen LogP contribution is -2.44. The first-order chi connectivity index (χ1) is 15.9. The number of fused-ring (bicyclic) bond motifs is 3. The largest absolute Gasteiger partial charge is 0.481 e. The molecule has 0 aliphatic heterocycles. The van der Waals surface area contributed by atoms with Crippen LogP contribution in [0.3, 0.4) is 0 Å². The highest BCUT2D eigenvalue weighted by Gasteiger charge is 2.30. The molecular weight excluding hydrogens is 454 g/mol. The molecule has 2 aromatic carbocycles. The van der Waals surface area contributed by atoms with Gasteiger partial charge in [-0.05, 0) is 22.3 Å². The standard InChI is InChI=1S/C23H24F2N2O5S/c24-22(25)19(11-20(28)26-9-10-33-13-21(29)30)27-23(31)32-12-18-16-7-3-1-5-14(16)15-6-2-4-8-17(15)18/h1-8,18-19,22H,9-13H2,(H,26,28)(H,27,31)(H,29,30). The molecule has 0 spiro atoms. The maximum absolute atomic E-state index is 13.4. The fourth-order valence-corrected chi connectivity index (χ4v) is 4.25. The van der Waals surface area contributed by atoms with E-state index in [9.17, 15) is 23.2 Å². The van der Waals surface area contributed by atoms with E-state index >= 15 is 0 Å². The second-order valence-corrected chi connectivity index (χ2v) is 8.52. The summed E-state index contributed by atoms with van der Waals surface area (Å²) in [5.41, 5.74) is 4.09. The van der Waals surface area contributed by atoms with Crippen molar-refractivity contribution in [1.82, 2.24) is 10.6 Å². The van der Waals surface area contributed by atoms with E-state index in [4.69, 9.17) is 9.84 Å². The zero-order valence-corrected chi connectivity index (χ0v) is 18.4. The summed E-state index contributed by atoms with van der Waals surface area (Å²) in [7, 11) is 0. The maximum Gasteiger partial charge on any atom is 0.407 e. The van der Waals surface area contributed by atoms with Crippen LogP contribution in [0.1, 0.15) is 23.5 Å². The predicted molar refractivity (Wildman–Crippen MR) is 121 cm³/mol. The zero-order valence-electron chi connectivity index (χ0n) is 17.6. The second-order valence-electron chi connectivity index (χ2n) is 7.41. The Hall–Kier alpha value is -3.14. The number of carbonyl (C=O) groups excluding carboxylic acids is 2. The summed E-state index contributed by atoms with van der Waals surface area (Å²) >= 11 is 1.10. The average molecular weight is 479 g/mol. The van der Waals surface area contributed by atoms with E-state index in [-0.39, 0.29) is 24.8 Å². The molecule has 0 bridgehead atoms. The van der Waals surface area contributed by atoms with Crippen LogP contribution in [-0.4, -0.2) is 60.2 Å². The van der Waals surface area contributed by atoms with Crippen LogP contribution in [-0.2, 0) is 14.3 Å². The van der Waals surface area contributed by atoms with Crippen LogP contribution in [0.2, 0.25) is 0 Å². The number of rotatable bonds is 11. The Labute approximate surface area is 193 Å². The van der Waals surface area contributed by atoms with E-state index in [1.807, 2.05) is 48.5 Å². The Balaban J connectivity index is 1.50. The van der Waals surface area contributed by atoms with Crippen LogP contribution in [0.25, 0.3) is 11.1 Å². The van der Waals surface area contributed by atoms with E-state index in [0.717, 1.165) is 34.0 Å². The molecule has 0 radical (unpaired) electrons. The average Bonchev–Trinajstić information content (AvgIpc) is 3.10. The molecule has 0 saturated carbocycles. The smallest absolute Gasteiger partial charge is 0.407 e. The third-order valence-corrected chi connectivity index (χ3v) is 6.09. The molecule has 33 heavy (non-hydrogen) atoms. The summed E-state index contributed by atoms with van der Waals surface area (Å²) in [5, 5.41) is 13.1. The minimum absolute atomic E-state index is 0.0250. The van der Waals surface area contributed by atoms with Crippen molar-refractivity contribution < 1.29 is 33.0 Å². The number of nitrogens with one attached hydrogen (secondary N) is 2. The molecule has 2 aromatic rings. The van der Waals surface area contributed by atoms with Crippen LogP contribution in [0.4, 0.5) is 13.6 Å². The number of thioether (sulfide) groups is 1. The van der Waals surface area contributed by atoms with Gasteiger partial charge in [0.1, 0.15) is 12.6 Å². The zero-order chi connectivity index (χ0) is 23.8. The van der Waals surface area contributed by atoms with Crippen molar-refractivity contribution in [2.24, 2.45) is 0 Å². The van der Waals surface area contributed by atoms with Crippen molar-refractivity contribution in [2.45, 2.75) is 24.8 Å². The monoisotopic (exact) mass is 478 g/mol. The van der Waals surface area contributed by atoms with Gasteiger partial charge >= 0.3 is 12.1 Å². The van der Waals surface area contributed by atoms with Gasteiger partial charge in [-0.2, -0.15) is 0 Å². The highest BCUT2D eigenvalue weighted by Crippen LogP contribution is 2.44. The van der Waals surface area contributed by atoms with Gasteiger partial charge in [-0.1, -0.05) is 48.5 Å². The Morgan fingerprint density at radius 1 is 1.03 bits per heavy atom. The summed E-state index contributed by atoms with van der Waals surface area (Å²) in [6.07, 6.45) is -4.60. The first-order valence-electron chi connectivity index (χ1n) is 10.3. The van der Waals surface area contributed by atoms with Gasteiger partial charge in [0, 0.05) is 18.2 Å². The van der Waals surface area contributed by atoms with E-state index in [0.29, 0.717) is 5.75 Å². The third-order valence-electron chi connectivity index (χ3n) is 5.15. The Bertz CT molecular complexity index is 959. The molecule has 1 aliphatic carbocycles. The van der Waals surface area contributed by atoms with Gasteiger partial charge in [0.15, 0.2) is 0 Å². The lowest BCUT2D eigenvalue weighted by atomic mass is 9.98. The second kappa shape index (κ2) is 11.6. The number of carboxylic acids is 1. The summed E-state index contributed by atoms with van der Waals surface area (Å²) in [6.45, 7) is 0.112. The summed E-state index contributed by atoms with van der Waals surface area (Å²) < 4.78 is 32.0. The lowest BCUT2D eigenvalue weighted by Gasteiger charge is -2.19. The van der Waals surface area contributed by atoms with Gasteiger partial charge in [0.2, 0.25) is 5.91 Å². The molecule has 7 nitrogen and oxygen atoms in total. The number of hydrogen-bond donors (Lipinski definition) is 3. The van der Waals surface area contributed by atoms with Gasteiger partial charge in [0.25, 0.3) is 6.43 Å². The number of alkyl halides is 2. The molecule has 0 heterocycles. The number of carboxylic acid groups (broad SMARTS) is 1. The van der Waals surface area contributed by atoms with Crippen molar-refractivity contribution in [2.75, 3.05) is 24.7 Å². The number of amides is 2. The van der Waals surface area contributed by atoms with Crippen molar-refractivity contribution in [3.8, 4) is 11.1 Å². The lowest BCUT2D eigenvalue weighted by molar-refractivity contribution is -0.133. The topological polar surface area (TPSA) is 105 Å². The highest BCUT2D eigenvalue weighted by atomic mass is 32.2. The molecule has 3 rings (SSSR count). The first kappa shape index (κ1) is 24.5. The van der Waals surface area contributed by atoms with Crippen LogP contribution >= 0.6 is 11.8 Å². The van der Waals surface area contributed by atoms with Crippen LogP contribution in [0.15, 0.2) is 48.5 Å². The van der Waals surface area contributed by atoms with Gasteiger partial charge < -0.3 is 20.5 Å². The number of ether oxygens (including phenoxy) is 1. The quantitative estimate of drug-likeness (QED) is 0.427. The molecule has 0 fully saturated rings. The normalized spacial score (nSPS) is 13.2. The van der Waals surface area contributed by atoms with Crippen molar-refractivity contribution in [3.63, 3.8) is 0 Å². The molecule has 2 amide bonds. The highest BCUT2D eigenvalue weighted by molar-refractivity contribution is 7.99. The Kier molecular flexibility index (Phi) is 8.65. The van der Waals surface area contributed by atoms with Crippen LogP contribution in [0, 0.1) is 0 Å². The van der Waals surface area contributed by atoms with Gasteiger partial charge in [0.05, 0.1) is 12.2 Å². The number of halogens is 2. The molecule has 1 atom stereocenters. The number of alkyl carbamates (subject to hydrolysis) is 1. The predicted octanol–water partition coefficient (Wildman–Crippen LogP) is 3.48. The Morgan fingerprint density at radius 2 is 1.64 bits per heavy atom. The van der Waals surface area contributed by atoms with Crippen LogP contribution in [0.5, 0.6) is 0 Å². The van der Waals surface area contributed by atoms with E-state index in [1.165, 1.54) is 0 Å².